The van der Waals surface area contributed by atoms with Gasteiger partial charge in [0.25, 0.3) is 5.56 Å². The number of anilines is 1. The van der Waals surface area contributed by atoms with E-state index >= 15 is 0 Å². The number of benzene rings is 1. The Hall–Kier alpha value is -2.67. The third-order valence-corrected chi connectivity index (χ3v) is 5.47. The van der Waals surface area contributed by atoms with Gasteiger partial charge >= 0.3 is 0 Å². The van der Waals surface area contributed by atoms with E-state index in [0.717, 1.165) is 25.7 Å². The van der Waals surface area contributed by atoms with Crippen LogP contribution in [0.3, 0.4) is 0 Å². The lowest BCUT2D eigenvalue weighted by Crippen LogP contribution is -2.25. The Morgan fingerprint density at radius 1 is 1.21 bits per heavy atom. The van der Waals surface area contributed by atoms with E-state index in [0.29, 0.717) is 28.0 Å². The van der Waals surface area contributed by atoms with E-state index in [2.05, 4.69) is 15.4 Å². The van der Waals surface area contributed by atoms with E-state index in [4.69, 9.17) is 11.6 Å². The predicted molar refractivity (Wildman–Crippen MR) is 108 cm³/mol. The molecule has 3 aromatic rings. The molecule has 2 aromatic heterocycles. The molecule has 2 heterocycles. The van der Waals surface area contributed by atoms with Crippen molar-refractivity contribution in [2.45, 2.75) is 51.5 Å². The Morgan fingerprint density at radius 2 is 1.93 bits per heavy atom. The highest BCUT2D eigenvalue weighted by Crippen LogP contribution is 2.30. The van der Waals surface area contributed by atoms with E-state index in [1.165, 1.54) is 17.0 Å². The van der Waals surface area contributed by atoms with Crippen molar-refractivity contribution in [3.8, 4) is 0 Å². The molecule has 1 N–H and O–H groups in total. The zero-order chi connectivity index (χ0) is 19.7. The summed E-state index contributed by atoms with van der Waals surface area (Å²) >= 11 is 5.88. The number of carbonyl (C=O) groups is 1. The second kappa shape index (κ2) is 7.75. The van der Waals surface area contributed by atoms with Crippen LogP contribution in [0.2, 0.25) is 5.02 Å². The third-order valence-electron chi connectivity index (χ3n) is 5.21. The molecular weight excluding hydrogens is 378 g/mol. The second-order valence-electron chi connectivity index (χ2n) is 7.28. The first-order valence-electron chi connectivity index (χ1n) is 9.54. The summed E-state index contributed by atoms with van der Waals surface area (Å²) in [5, 5.41) is 7.91. The first kappa shape index (κ1) is 18.7. The lowest BCUT2D eigenvalue weighted by atomic mass is 9.89. The predicted octanol–water partition coefficient (Wildman–Crippen LogP) is 3.54. The average Bonchev–Trinajstić information content (AvgIpc) is 3.14. The summed E-state index contributed by atoms with van der Waals surface area (Å²) in [6.07, 6.45) is 5.64. The van der Waals surface area contributed by atoms with Crippen molar-refractivity contribution in [2.75, 3.05) is 5.32 Å². The monoisotopic (exact) mass is 399 g/mol. The minimum atomic E-state index is -0.226. The summed E-state index contributed by atoms with van der Waals surface area (Å²) < 4.78 is 3.04. The number of fused-ring (bicyclic) bond motifs is 1. The third kappa shape index (κ3) is 3.80. The van der Waals surface area contributed by atoms with Crippen LogP contribution in [0.5, 0.6) is 0 Å². The number of halogens is 1. The minimum absolute atomic E-state index is 0.0427. The van der Waals surface area contributed by atoms with Gasteiger partial charge in [0, 0.05) is 28.4 Å². The van der Waals surface area contributed by atoms with Crippen molar-refractivity contribution >= 4 is 29.0 Å². The van der Waals surface area contributed by atoms with Crippen molar-refractivity contribution in [3.63, 3.8) is 0 Å². The number of aryl methyl sites for hydroxylation is 1. The number of amides is 1. The standard InChI is InChI=1S/C20H22ClN5O2/c1-13-11-18(28)26-20(23-19(24-26)14-5-3-2-4-6-14)25(13)12-17(27)22-16-9-7-15(21)8-10-16/h7-11,14H,2-6,12H2,1H3,(H,22,27). The SMILES string of the molecule is Cc1cc(=O)n2nc(C3CCCCC3)nc2n1CC(=O)Nc1ccc(Cl)cc1. The maximum Gasteiger partial charge on any atom is 0.275 e. The van der Waals surface area contributed by atoms with Crippen LogP contribution < -0.4 is 10.9 Å². The van der Waals surface area contributed by atoms with Crippen LogP contribution in [0.25, 0.3) is 5.78 Å². The lowest BCUT2D eigenvalue weighted by molar-refractivity contribution is -0.116. The van der Waals surface area contributed by atoms with Crippen molar-refractivity contribution in [1.29, 1.82) is 0 Å². The Balaban J connectivity index is 1.63. The van der Waals surface area contributed by atoms with Gasteiger partial charge in [0.2, 0.25) is 11.7 Å². The zero-order valence-corrected chi connectivity index (χ0v) is 16.4. The summed E-state index contributed by atoms with van der Waals surface area (Å²) in [6.45, 7) is 1.84. The average molecular weight is 400 g/mol. The fourth-order valence-corrected chi connectivity index (χ4v) is 3.85. The van der Waals surface area contributed by atoms with Crippen LogP contribution in [0.1, 0.15) is 49.5 Å². The number of hydrogen-bond acceptors (Lipinski definition) is 4. The van der Waals surface area contributed by atoms with Crippen LogP contribution in [0.4, 0.5) is 5.69 Å². The first-order chi connectivity index (χ1) is 13.5. The number of nitrogens with zero attached hydrogens (tertiary/aromatic N) is 4. The fraction of sp³-hybridized carbons (Fsp3) is 0.400. The molecule has 1 amide bonds. The van der Waals surface area contributed by atoms with Gasteiger partial charge in [0.1, 0.15) is 6.54 Å². The van der Waals surface area contributed by atoms with Gasteiger partial charge in [-0.05, 0) is 44.0 Å². The molecule has 0 saturated heterocycles. The number of aromatic nitrogens is 4. The number of hydrogen-bond donors (Lipinski definition) is 1. The molecule has 7 nitrogen and oxygen atoms in total. The quantitative estimate of drug-likeness (QED) is 0.727. The van der Waals surface area contributed by atoms with Crippen LogP contribution in [0.15, 0.2) is 35.1 Å². The van der Waals surface area contributed by atoms with Gasteiger partial charge in [-0.2, -0.15) is 9.50 Å². The highest BCUT2D eigenvalue weighted by molar-refractivity contribution is 6.30. The van der Waals surface area contributed by atoms with Crippen molar-refractivity contribution in [2.24, 2.45) is 0 Å². The van der Waals surface area contributed by atoms with Crippen LogP contribution in [-0.2, 0) is 11.3 Å². The Labute approximate surface area is 167 Å². The van der Waals surface area contributed by atoms with Gasteiger partial charge in [-0.1, -0.05) is 30.9 Å². The van der Waals surface area contributed by atoms with Gasteiger partial charge in [-0.3, -0.25) is 9.59 Å². The summed E-state index contributed by atoms with van der Waals surface area (Å²) in [5.74, 6) is 1.19. The highest BCUT2D eigenvalue weighted by Gasteiger charge is 2.22. The molecule has 0 spiro atoms. The molecule has 146 valence electrons. The second-order valence-corrected chi connectivity index (χ2v) is 7.72. The lowest BCUT2D eigenvalue weighted by Gasteiger charge is -2.17. The molecule has 0 bridgehead atoms. The van der Waals surface area contributed by atoms with E-state index in [9.17, 15) is 9.59 Å². The van der Waals surface area contributed by atoms with Gasteiger partial charge < -0.3 is 9.88 Å². The maximum absolute atomic E-state index is 12.6. The summed E-state index contributed by atoms with van der Waals surface area (Å²) in [5.41, 5.74) is 1.11. The van der Waals surface area contributed by atoms with Gasteiger partial charge in [-0.15, -0.1) is 5.10 Å². The topological polar surface area (TPSA) is 81.3 Å². The van der Waals surface area contributed by atoms with Crippen molar-refractivity contribution in [3.05, 3.63) is 57.2 Å². The van der Waals surface area contributed by atoms with Crippen molar-refractivity contribution in [1.82, 2.24) is 19.2 Å². The molecule has 0 unspecified atom stereocenters. The molecule has 4 rings (SSSR count). The fourth-order valence-electron chi connectivity index (χ4n) is 3.72. The van der Waals surface area contributed by atoms with E-state index in [-0.39, 0.29) is 23.9 Å². The zero-order valence-electron chi connectivity index (χ0n) is 15.7. The van der Waals surface area contributed by atoms with Crippen LogP contribution in [-0.4, -0.2) is 25.1 Å². The van der Waals surface area contributed by atoms with E-state index in [1.54, 1.807) is 35.8 Å². The molecule has 0 radical (unpaired) electrons. The molecule has 28 heavy (non-hydrogen) atoms. The summed E-state index contributed by atoms with van der Waals surface area (Å²) in [6, 6.07) is 8.41. The van der Waals surface area contributed by atoms with Crippen molar-refractivity contribution < 1.29 is 4.79 Å². The van der Waals surface area contributed by atoms with Crippen LogP contribution in [0, 0.1) is 6.92 Å². The minimum Gasteiger partial charge on any atom is -0.325 e. The highest BCUT2D eigenvalue weighted by atomic mass is 35.5. The molecule has 0 atom stereocenters. The Bertz CT molecular complexity index is 1060. The molecule has 1 aromatic carbocycles. The summed E-state index contributed by atoms with van der Waals surface area (Å²) in [4.78, 5) is 29.6. The number of carbonyl (C=O) groups excluding carboxylic acids is 1. The van der Waals surface area contributed by atoms with Gasteiger partial charge in [-0.25, -0.2) is 0 Å². The molecule has 1 aliphatic carbocycles. The number of nitrogens with one attached hydrogen (secondary N) is 1. The maximum atomic E-state index is 12.6. The molecule has 8 heteroatoms. The van der Waals surface area contributed by atoms with E-state index < -0.39 is 0 Å². The molecule has 1 fully saturated rings. The normalized spacial score (nSPS) is 15.1. The molecule has 0 aliphatic heterocycles. The summed E-state index contributed by atoms with van der Waals surface area (Å²) in [7, 11) is 0. The van der Waals surface area contributed by atoms with Gasteiger partial charge in [0.15, 0.2) is 5.82 Å². The van der Waals surface area contributed by atoms with E-state index in [1.807, 2.05) is 0 Å². The Kier molecular flexibility index (Phi) is 5.17. The molecule has 1 aliphatic rings. The van der Waals surface area contributed by atoms with Gasteiger partial charge in [0.05, 0.1) is 0 Å². The molecular formula is C20H22ClN5O2. The largest absolute Gasteiger partial charge is 0.325 e. The Morgan fingerprint density at radius 3 is 2.64 bits per heavy atom. The van der Waals surface area contributed by atoms with Crippen LogP contribution >= 0.6 is 11.6 Å². The molecule has 1 saturated carbocycles. The smallest absolute Gasteiger partial charge is 0.275 e. The number of rotatable bonds is 4. The first-order valence-corrected chi connectivity index (χ1v) is 9.91.